The molecule has 17 heavy (non-hydrogen) atoms. The molecule has 5 nitrogen and oxygen atoms in total. The van der Waals surface area contributed by atoms with Gasteiger partial charge in [-0.15, -0.1) is 0 Å². The lowest BCUT2D eigenvalue weighted by molar-refractivity contribution is -0.129. The van der Waals surface area contributed by atoms with Crippen molar-refractivity contribution in [2.45, 2.75) is 46.0 Å². The number of carbonyl (C=O) groups is 1. The first-order valence-electron chi connectivity index (χ1n) is 6.29. The van der Waals surface area contributed by atoms with Crippen LogP contribution in [0.1, 0.15) is 46.0 Å². The summed E-state index contributed by atoms with van der Waals surface area (Å²) in [5.41, 5.74) is 4.94. The Balaban J connectivity index is 2.79. The number of nitrogens with two attached hydrogens (primary N) is 1. The first-order chi connectivity index (χ1) is 8.03. The zero-order valence-electron chi connectivity index (χ0n) is 10.7. The third-order valence-corrected chi connectivity index (χ3v) is 3.41. The minimum Gasteiger partial charge on any atom is -0.409 e. The summed E-state index contributed by atoms with van der Waals surface area (Å²) < 4.78 is 0. The predicted octanol–water partition coefficient (Wildman–Crippen LogP) is 1.46. The van der Waals surface area contributed by atoms with Gasteiger partial charge in [-0.05, 0) is 18.8 Å². The lowest BCUT2D eigenvalue weighted by Crippen LogP contribution is -2.51. The van der Waals surface area contributed by atoms with Crippen molar-refractivity contribution in [2.75, 3.05) is 6.54 Å². The smallest absolute Gasteiger partial charge is 0.233 e. The molecule has 1 fully saturated rings. The molecule has 1 aliphatic rings. The molecule has 0 unspecified atom stereocenters. The van der Waals surface area contributed by atoms with Crippen LogP contribution in [0.4, 0.5) is 0 Å². The van der Waals surface area contributed by atoms with E-state index in [4.69, 9.17) is 10.9 Å². The van der Waals surface area contributed by atoms with E-state index in [1.54, 1.807) is 0 Å². The second-order valence-electron chi connectivity index (χ2n) is 5.23. The van der Waals surface area contributed by atoms with Crippen LogP contribution in [0.5, 0.6) is 0 Å². The largest absolute Gasteiger partial charge is 0.409 e. The van der Waals surface area contributed by atoms with Gasteiger partial charge in [0.2, 0.25) is 5.91 Å². The fourth-order valence-electron chi connectivity index (χ4n) is 2.32. The third kappa shape index (κ3) is 3.11. The molecule has 0 heterocycles. The van der Waals surface area contributed by atoms with E-state index >= 15 is 0 Å². The summed E-state index contributed by atoms with van der Waals surface area (Å²) >= 11 is 0. The lowest BCUT2D eigenvalue weighted by atomic mass is 9.72. The summed E-state index contributed by atoms with van der Waals surface area (Å²) in [6.07, 6.45) is 4.36. The molecule has 0 aromatic carbocycles. The monoisotopic (exact) mass is 241 g/mol. The minimum atomic E-state index is -0.790. The van der Waals surface area contributed by atoms with Crippen molar-refractivity contribution in [1.82, 2.24) is 5.32 Å². The summed E-state index contributed by atoms with van der Waals surface area (Å²) in [5.74, 6) is 0.353. The third-order valence-electron chi connectivity index (χ3n) is 3.41. The number of carbonyl (C=O) groups excluding carboxylic acids is 1. The van der Waals surface area contributed by atoms with Gasteiger partial charge in [0.15, 0.2) is 5.84 Å². The van der Waals surface area contributed by atoms with Gasteiger partial charge in [-0.2, -0.15) is 0 Å². The molecular weight excluding hydrogens is 218 g/mol. The number of oxime groups is 1. The Bertz CT molecular complexity index is 294. The second kappa shape index (κ2) is 5.89. The van der Waals surface area contributed by atoms with Crippen molar-refractivity contribution in [1.29, 1.82) is 0 Å². The first kappa shape index (κ1) is 13.8. The number of hydrogen-bond acceptors (Lipinski definition) is 3. The highest BCUT2D eigenvalue weighted by atomic mass is 16.4. The summed E-state index contributed by atoms with van der Waals surface area (Å²) in [4.78, 5) is 12.2. The Labute approximate surface area is 102 Å². The van der Waals surface area contributed by atoms with Gasteiger partial charge < -0.3 is 16.3 Å². The van der Waals surface area contributed by atoms with Gasteiger partial charge in [-0.3, -0.25) is 4.79 Å². The summed E-state index contributed by atoms with van der Waals surface area (Å²) in [5, 5.41) is 14.8. The molecule has 1 rings (SSSR count). The fraction of sp³-hybridized carbons (Fsp3) is 0.833. The van der Waals surface area contributed by atoms with E-state index in [1.807, 2.05) is 13.8 Å². The van der Waals surface area contributed by atoms with Crippen molar-refractivity contribution < 1.29 is 10.0 Å². The summed E-state index contributed by atoms with van der Waals surface area (Å²) in [7, 11) is 0. The van der Waals surface area contributed by atoms with Crippen molar-refractivity contribution in [2.24, 2.45) is 22.2 Å². The van der Waals surface area contributed by atoms with E-state index in [0.29, 0.717) is 25.3 Å². The highest BCUT2D eigenvalue weighted by molar-refractivity contribution is 6.06. The van der Waals surface area contributed by atoms with E-state index < -0.39 is 5.41 Å². The zero-order valence-corrected chi connectivity index (χ0v) is 10.7. The van der Waals surface area contributed by atoms with Crippen molar-refractivity contribution in [3.63, 3.8) is 0 Å². The Kier molecular flexibility index (Phi) is 4.78. The standard InChI is InChI=1S/C12H23N3O2/c1-9(2)8-14-11(16)12(10(13)15-17)6-4-3-5-7-12/h9,17H,3-8H2,1-2H3,(H2,13,15)(H,14,16). The molecular formula is C12H23N3O2. The second-order valence-corrected chi connectivity index (χ2v) is 5.23. The van der Waals surface area contributed by atoms with E-state index in [1.165, 1.54) is 0 Å². The van der Waals surface area contributed by atoms with Crippen LogP contribution in [-0.4, -0.2) is 23.5 Å². The first-order valence-corrected chi connectivity index (χ1v) is 6.29. The molecule has 0 radical (unpaired) electrons. The van der Waals surface area contributed by atoms with Gasteiger partial charge in [0, 0.05) is 6.54 Å². The van der Waals surface area contributed by atoms with Crippen LogP contribution in [0.2, 0.25) is 0 Å². The van der Waals surface area contributed by atoms with Crippen LogP contribution < -0.4 is 11.1 Å². The lowest BCUT2D eigenvalue weighted by Gasteiger charge is -2.34. The Hall–Kier alpha value is -1.26. The van der Waals surface area contributed by atoms with Gasteiger partial charge in [0.05, 0.1) is 0 Å². The number of rotatable bonds is 4. The van der Waals surface area contributed by atoms with Crippen LogP contribution in [0.15, 0.2) is 5.16 Å². The van der Waals surface area contributed by atoms with Gasteiger partial charge in [-0.25, -0.2) is 0 Å². The average Bonchev–Trinajstić information content (AvgIpc) is 2.35. The number of hydrogen-bond donors (Lipinski definition) is 3. The summed E-state index contributed by atoms with van der Waals surface area (Å²) in [6.45, 7) is 4.70. The van der Waals surface area contributed by atoms with Crippen LogP contribution >= 0.6 is 0 Å². The SMILES string of the molecule is CC(C)CNC(=O)C1(C(N)=NO)CCCCC1. The maximum absolute atomic E-state index is 12.2. The molecule has 5 heteroatoms. The van der Waals surface area contributed by atoms with Crippen molar-refractivity contribution >= 4 is 11.7 Å². The van der Waals surface area contributed by atoms with Gasteiger partial charge in [-0.1, -0.05) is 38.3 Å². The normalized spacial score (nSPS) is 20.3. The zero-order chi connectivity index (χ0) is 12.9. The Morgan fingerprint density at radius 2 is 2.00 bits per heavy atom. The number of amides is 1. The molecule has 98 valence electrons. The Morgan fingerprint density at radius 1 is 1.41 bits per heavy atom. The van der Waals surface area contributed by atoms with Gasteiger partial charge >= 0.3 is 0 Å². The highest BCUT2D eigenvalue weighted by Crippen LogP contribution is 2.36. The maximum Gasteiger partial charge on any atom is 0.233 e. The molecule has 0 spiro atoms. The highest BCUT2D eigenvalue weighted by Gasteiger charge is 2.43. The quantitative estimate of drug-likeness (QED) is 0.301. The Morgan fingerprint density at radius 3 is 2.47 bits per heavy atom. The van der Waals surface area contributed by atoms with E-state index in [0.717, 1.165) is 19.3 Å². The molecule has 1 amide bonds. The van der Waals surface area contributed by atoms with Crippen LogP contribution in [0.25, 0.3) is 0 Å². The number of nitrogens with one attached hydrogen (secondary N) is 1. The van der Waals surface area contributed by atoms with Crippen LogP contribution in [0, 0.1) is 11.3 Å². The van der Waals surface area contributed by atoms with Gasteiger partial charge in [0.25, 0.3) is 0 Å². The molecule has 0 aromatic heterocycles. The van der Waals surface area contributed by atoms with Crippen molar-refractivity contribution in [3.8, 4) is 0 Å². The molecule has 4 N–H and O–H groups in total. The molecule has 0 aliphatic heterocycles. The molecule has 1 aliphatic carbocycles. The number of nitrogens with zero attached hydrogens (tertiary/aromatic N) is 1. The molecule has 0 aromatic rings. The van der Waals surface area contributed by atoms with Gasteiger partial charge in [0.1, 0.15) is 5.41 Å². The fourth-order valence-corrected chi connectivity index (χ4v) is 2.32. The maximum atomic E-state index is 12.2. The molecule has 0 atom stereocenters. The van der Waals surface area contributed by atoms with E-state index in [2.05, 4.69) is 10.5 Å². The predicted molar refractivity (Wildman–Crippen MR) is 66.8 cm³/mol. The van der Waals surface area contributed by atoms with Crippen LogP contribution in [0.3, 0.4) is 0 Å². The summed E-state index contributed by atoms with van der Waals surface area (Å²) in [6, 6.07) is 0. The van der Waals surface area contributed by atoms with E-state index in [-0.39, 0.29) is 11.7 Å². The van der Waals surface area contributed by atoms with E-state index in [9.17, 15) is 4.79 Å². The average molecular weight is 241 g/mol. The number of amidine groups is 1. The molecule has 0 bridgehead atoms. The minimum absolute atomic E-state index is 0.0541. The molecule has 0 saturated heterocycles. The molecule has 1 saturated carbocycles. The van der Waals surface area contributed by atoms with Crippen molar-refractivity contribution in [3.05, 3.63) is 0 Å². The topological polar surface area (TPSA) is 87.7 Å². The van der Waals surface area contributed by atoms with Crippen LogP contribution in [-0.2, 0) is 4.79 Å².